The summed E-state index contributed by atoms with van der Waals surface area (Å²) in [6.07, 6.45) is 6.29. The Labute approximate surface area is 153 Å². The lowest BCUT2D eigenvalue weighted by Crippen LogP contribution is -2.18. The second kappa shape index (κ2) is 8.56. The normalized spacial score (nSPS) is 14.7. The van der Waals surface area contributed by atoms with Crippen molar-refractivity contribution in [2.24, 2.45) is 0 Å². The van der Waals surface area contributed by atoms with Gasteiger partial charge in [-0.15, -0.1) is 5.10 Å². The first-order valence-electron chi connectivity index (χ1n) is 9.11. The molecular weight excluding hydrogens is 328 g/mol. The van der Waals surface area contributed by atoms with Gasteiger partial charge in [0.25, 0.3) is 0 Å². The average Bonchev–Trinajstić information content (AvgIpc) is 2.64. The van der Waals surface area contributed by atoms with Crippen LogP contribution in [0.15, 0.2) is 36.4 Å². The zero-order valence-electron chi connectivity index (χ0n) is 15.0. The number of nitrogens with one attached hydrogen (secondary N) is 2. The molecule has 6 nitrogen and oxygen atoms in total. The van der Waals surface area contributed by atoms with E-state index in [1.807, 2.05) is 30.3 Å². The molecule has 136 valence electrons. The summed E-state index contributed by atoms with van der Waals surface area (Å²) in [7, 11) is 0. The number of carbonyl (C=O) groups excluding carboxylic acids is 2. The van der Waals surface area contributed by atoms with Crippen LogP contribution in [-0.4, -0.2) is 22.0 Å². The van der Waals surface area contributed by atoms with Crippen LogP contribution in [0.25, 0.3) is 0 Å². The molecule has 0 radical (unpaired) electrons. The number of rotatable bonds is 5. The summed E-state index contributed by atoms with van der Waals surface area (Å²) in [5.74, 6) is 0.585. The highest BCUT2D eigenvalue weighted by atomic mass is 16.2. The number of anilines is 2. The summed E-state index contributed by atoms with van der Waals surface area (Å²) in [6, 6.07) is 11.0. The molecule has 0 unspecified atom stereocenters. The van der Waals surface area contributed by atoms with Gasteiger partial charge in [-0.05, 0) is 36.6 Å². The fourth-order valence-electron chi connectivity index (χ4n) is 3.37. The summed E-state index contributed by atoms with van der Waals surface area (Å²) < 4.78 is 0. The minimum atomic E-state index is -0.192. The van der Waals surface area contributed by atoms with Crippen LogP contribution in [0.5, 0.6) is 0 Å². The fourth-order valence-corrected chi connectivity index (χ4v) is 3.37. The predicted octanol–water partition coefficient (Wildman–Crippen LogP) is 3.66. The quantitative estimate of drug-likeness (QED) is 0.860. The molecule has 1 aliphatic carbocycles. The van der Waals surface area contributed by atoms with Crippen molar-refractivity contribution in [1.82, 2.24) is 10.2 Å². The van der Waals surface area contributed by atoms with Crippen molar-refractivity contribution in [3.63, 3.8) is 0 Å². The van der Waals surface area contributed by atoms with Gasteiger partial charge in [-0.1, -0.05) is 37.5 Å². The number of aromatic nitrogens is 2. The second-order valence-electron chi connectivity index (χ2n) is 6.74. The highest BCUT2D eigenvalue weighted by Crippen LogP contribution is 2.31. The molecule has 2 amide bonds. The van der Waals surface area contributed by atoms with Gasteiger partial charge in [0.1, 0.15) is 0 Å². The Hall–Kier alpha value is -2.76. The summed E-state index contributed by atoms with van der Waals surface area (Å²) in [5, 5.41) is 14.0. The molecule has 1 aromatic carbocycles. The second-order valence-corrected chi connectivity index (χ2v) is 6.74. The highest BCUT2D eigenvalue weighted by molar-refractivity contribution is 5.94. The molecule has 2 N–H and O–H groups in total. The Morgan fingerprint density at radius 2 is 1.77 bits per heavy atom. The van der Waals surface area contributed by atoms with Crippen LogP contribution in [0.4, 0.5) is 11.5 Å². The smallest absolute Gasteiger partial charge is 0.230 e. The van der Waals surface area contributed by atoms with Crippen LogP contribution in [0, 0.1) is 0 Å². The molecule has 6 heteroatoms. The topological polar surface area (TPSA) is 84.0 Å². The number of benzene rings is 1. The molecule has 3 rings (SSSR count). The van der Waals surface area contributed by atoms with E-state index in [4.69, 9.17) is 0 Å². The maximum atomic E-state index is 12.3. The first kappa shape index (κ1) is 18.0. The molecule has 1 aliphatic rings. The molecule has 0 saturated heterocycles. The minimum Gasteiger partial charge on any atom is -0.326 e. The molecule has 0 atom stereocenters. The van der Waals surface area contributed by atoms with Gasteiger partial charge in [-0.25, -0.2) is 0 Å². The van der Waals surface area contributed by atoms with Crippen LogP contribution in [-0.2, 0) is 16.0 Å². The van der Waals surface area contributed by atoms with E-state index in [1.54, 1.807) is 6.07 Å². The number of carbonyl (C=O) groups is 2. The lowest BCUT2D eigenvalue weighted by atomic mass is 9.87. The third-order valence-corrected chi connectivity index (χ3v) is 4.66. The zero-order chi connectivity index (χ0) is 18.4. The van der Waals surface area contributed by atoms with Gasteiger partial charge in [-0.2, -0.15) is 5.10 Å². The van der Waals surface area contributed by atoms with Crippen LogP contribution in [0.2, 0.25) is 0 Å². The van der Waals surface area contributed by atoms with Crippen molar-refractivity contribution in [3.05, 3.63) is 47.7 Å². The Kier molecular flexibility index (Phi) is 5.94. The molecule has 1 heterocycles. The van der Waals surface area contributed by atoms with Crippen molar-refractivity contribution >= 4 is 23.3 Å². The fraction of sp³-hybridized carbons (Fsp3) is 0.400. The lowest BCUT2D eigenvalue weighted by molar-refractivity contribution is -0.116. The maximum absolute atomic E-state index is 12.3. The van der Waals surface area contributed by atoms with Gasteiger partial charge in [0, 0.05) is 18.5 Å². The summed E-state index contributed by atoms with van der Waals surface area (Å²) in [4.78, 5) is 23.6. The van der Waals surface area contributed by atoms with Gasteiger partial charge in [0.15, 0.2) is 5.82 Å². The van der Waals surface area contributed by atoms with Gasteiger partial charge in [0.2, 0.25) is 11.8 Å². The Bertz CT molecular complexity index is 768. The van der Waals surface area contributed by atoms with Crippen molar-refractivity contribution in [2.45, 2.75) is 51.4 Å². The van der Waals surface area contributed by atoms with E-state index in [9.17, 15) is 9.59 Å². The van der Waals surface area contributed by atoms with E-state index in [0.29, 0.717) is 17.4 Å². The molecule has 0 spiro atoms. The monoisotopic (exact) mass is 352 g/mol. The maximum Gasteiger partial charge on any atom is 0.230 e. The van der Waals surface area contributed by atoms with Gasteiger partial charge < -0.3 is 10.6 Å². The molecule has 26 heavy (non-hydrogen) atoms. The summed E-state index contributed by atoms with van der Waals surface area (Å²) in [6.45, 7) is 1.44. The van der Waals surface area contributed by atoms with Gasteiger partial charge >= 0.3 is 0 Å². The molecular formula is C20H24N4O2. The SMILES string of the molecule is CC(=O)Nc1ccccc1CC(=O)Nc1ccc(C2CCCCC2)nn1. The van der Waals surface area contributed by atoms with Crippen LogP contribution in [0.1, 0.15) is 56.2 Å². The van der Waals surface area contributed by atoms with Gasteiger partial charge in [0.05, 0.1) is 12.1 Å². The number of amides is 2. The van der Waals surface area contributed by atoms with E-state index < -0.39 is 0 Å². The average molecular weight is 352 g/mol. The third-order valence-electron chi connectivity index (χ3n) is 4.66. The van der Waals surface area contributed by atoms with E-state index in [-0.39, 0.29) is 18.2 Å². The first-order chi connectivity index (χ1) is 12.6. The zero-order valence-corrected chi connectivity index (χ0v) is 15.0. The van der Waals surface area contributed by atoms with Crippen molar-refractivity contribution < 1.29 is 9.59 Å². The molecule has 0 aliphatic heterocycles. The highest BCUT2D eigenvalue weighted by Gasteiger charge is 2.17. The Morgan fingerprint density at radius 1 is 1.00 bits per heavy atom. The van der Waals surface area contributed by atoms with E-state index >= 15 is 0 Å². The molecule has 1 aromatic heterocycles. The van der Waals surface area contributed by atoms with Crippen molar-refractivity contribution in [1.29, 1.82) is 0 Å². The predicted molar refractivity (Wildman–Crippen MR) is 101 cm³/mol. The molecule has 0 bridgehead atoms. The number of hydrogen-bond acceptors (Lipinski definition) is 4. The lowest BCUT2D eigenvalue weighted by Gasteiger charge is -2.20. The van der Waals surface area contributed by atoms with E-state index in [1.165, 1.54) is 39.0 Å². The van der Waals surface area contributed by atoms with Crippen LogP contribution >= 0.6 is 0 Å². The number of nitrogens with zero attached hydrogens (tertiary/aromatic N) is 2. The van der Waals surface area contributed by atoms with Crippen LogP contribution in [0.3, 0.4) is 0 Å². The summed E-state index contributed by atoms with van der Waals surface area (Å²) in [5.41, 5.74) is 2.42. The Morgan fingerprint density at radius 3 is 2.46 bits per heavy atom. The van der Waals surface area contributed by atoms with Gasteiger partial charge in [-0.3, -0.25) is 9.59 Å². The van der Waals surface area contributed by atoms with Crippen LogP contribution < -0.4 is 10.6 Å². The molecule has 2 aromatic rings. The minimum absolute atomic E-state index is 0.155. The molecule has 1 fully saturated rings. The number of para-hydroxylation sites is 1. The van der Waals surface area contributed by atoms with Crippen molar-refractivity contribution in [3.8, 4) is 0 Å². The third kappa shape index (κ3) is 4.88. The van der Waals surface area contributed by atoms with Crippen molar-refractivity contribution in [2.75, 3.05) is 10.6 Å². The first-order valence-corrected chi connectivity index (χ1v) is 9.11. The largest absolute Gasteiger partial charge is 0.326 e. The standard InChI is InChI=1S/C20H24N4O2/c1-14(25)21-17-10-6-5-9-16(17)13-20(26)22-19-12-11-18(23-24-19)15-7-3-2-4-8-15/h5-6,9-12,15H,2-4,7-8,13H2,1H3,(H,21,25)(H,22,24,26). The summed E-state index contributed by atoms with van der Waals surface area (Å²) >= 11 is 0. The van der Waals surface area contributed by atoms with E-state index in [0.717, 1.165) is 11.3 Å². The molecule has 1 saturated carbocycles. The van der Waals surface area contributed by atoms with E-state index in [2.05, 4.69) is 20.8 Å². The Balaban J connectivity index is 1.61. The number of hydrogen-bond donors (Lipinski definition) is 2.